The van der Waals surface area contributed by atoms with E-state index in [1.165, 1.54) is 0 Å². The summed E-state index contributed by atoms with van der Waals surface area (Å²) in [7, 11) is 0. The van der Waals surface area contributed by atoms with Gasteiger partial charge in [-0.2, -0.15) is 0 Å². The number of aromatic nitrogens is 2. The van der Waals surface area contributed by atoms with Gasteiger partial charge in [0.05, 0.1) is 23.9 Å². The Balaban J connectivity index is 1.94. The zero-order valence-electron chi connectivity index (χ0n) is 9.63. The highest BCUT2D eigenvalue weighted by atomic mass is 16.5. The summed E-state index contributed by atoms with van der Waals surface area (Å²) in [5, 5.41) is 7.87. The van der Waals surface area contributed by atoms with Crippen LogP contribution in [0.5, 0.6) is 0 Å². The summed E-state index contributed by atoms with van der Waals surface area (Å²) in [6.07, 6.45) is 3.37. The molecule has 2 heterocycles. The Morgan fingerprint density at radius 3 is 2.94 bits per heavy atom. The van der Waals surface area contributed by atoms with Gasteiger partial charge < -0.3 is 15.6 Å². The quantitative estimate of drug-likeness (QED) is 0.687. The minimum absolute atomic E-state index is 0.565. The number of anilines is 2. The van der Waals surface area contributed by atoms with Gasteiger partial charge in [-0.3, -0.25) is 4.98 Å². The first-order valence-electron chi connectivity index (χ1n) is 5.61. The van der Waals surface area contributed by atoms with Crippen LogP contribution in [-0.4, -0.2) is 10.1 Å². The van der Waals surface area contributed by atoms with Crippen LogP contribution >= 0.6 is 0 Å². The number of nitrogens with zero attached hydrogens (tertiary/aromatic N) is 2. The molecule has 0 fully saturated rings. The maximum absolute atomic E-state index is 5.92. The van der Waals surface area contributed by atoms with Crippen LogP contribution in [0.4, 0.5) is 11.4 Å². The van der Waals surface area contributed by atoms with E-state index in [1.807, 2.05) is 30.3 Å². The molecule has 5 nitrogen and oxygen atoms in total. The third-order valence-electron chi connectivity index (χ3n) is 2.75. The molecule has 0 atom stereocenters. The van der Waals surface area contributed by atoms with Crippen molar-refractivity contribution >= 4 is 22.3 Å². The molecule has 0 bridgehead atoms. The van der Waals surface area contributed by atoms with E-state index >= 15 is 0 Å². The number of benzene rings is 1. The van der Waals surface area contributed by atoms with Gasteiger partial charge in [0.15, 0.2) is 5.76 Å². The molecule has 3 rings (SSSR count). The molecule has 0 unspecified atom stereocenters. The van der Waals surface area contributed by atoms with Crippen LogP contribution < -0.4 is 11.1 Å². The molecule has 0 aliphatic carbocycles. The zero-order valence-corrected chi connectivity index (χ0v) is 9.63. The third kappa shape index (κ3) is 1.86. The van der Waals surface area contributed by atoms with Gasteiger partial charge >= 0.3 is 0 Å². The van der Waals surface area contributed by atoms with Gasteiger partial charge in [0.1, 0.15) is 0 Å². The number of nitrogens with two attached hydrogens (primary N) is 1. The Bertz CT molecular complexity index is 664. The van der Waals surface area contributed by atoms with E-state index < -0.39 is 0 Å². The molecule has 3 N–H and O–H groups in total. The standard InChI is InChI=1S/C13H12N4O/c14-11-3-4-12(13-10(11)2-1-6-15-13)16-8-9-5-7-17-18-9/h1-7,16H,8,14H2. The van der Waals surface area contributed by atoms with Crippen molar-refractivity contribution in [3.8, 4) is 0 Å². The smallest absolute Gasteiger partial charge is 0.155 e. The van der Waals surface area contributed by atoms with Crippen molar-refractivity contribution in [3.63, 3.8) is 0 Å². The van der Waals surface area contributed by atoms with Crippen LogP contribution in [0.15, 0.2) is 47.2 Å². The predicted octanol–water partition coefficient (Wildman–Crippen LogP) is 2.42. The van der Waals surface area contributed by atoms with E-state index in [0.717, 1.165) is 28.0 Å². The van der Waals surface area contributed by atoms with Crippen LogP contribution in [0, 0.1) is 0 Å². The fraction of sp³-hybridized carbons (Fsp3) is 0.0769. The lowest BCUT2D eigenvalue weighted by atomic mass is 10.1. The summed E-state index contributed by atoms with van der Waals surface area (Å²) in [5.41, 5.74) is 8.43. The summed E-state index contributed by atoms with van der Waals surface area (Å²) in [5.74, 6) is 0.774. The van der Waals surface area contributed by atoms with Gasteiger partial charge in [0.25, 0.3) is 0 Å². The molecule has 0 aliphatic heterocycles. The fourth-order valence-electron chi connectivity index (χ4n) is 1.85. The monoisotopic (exact) mass is 240 g/mol. The number of nitrogens with one attached hydrogen (secondary N) is 1. The highest BCUT2D eigenvalue weighted by molar-refractivity contribution is 5.98. The van der Waals surface area contributed by atoms with Crippen LogP contribution in [0.1, 0.15) is 5.76 Å². The van der Waals surface area contributed by atoms with Gasteiger partial charge in [-0.15, -0.1) is 0 Å². The number of nitrogen functional groups attached to an aromatic ring is 1. The Morgan fingerprint density at radius 2 is 2.11 bits per heavy atom. The first-order valence-corrected chi connectivity index (χ1v) is 5.61. The molecule has 3 aromatic rings. The van der Waals surface area contributed by atoms with Crippen molar-refractivity contribution in [2.45, 2.75) is 6.54 Å². The van der Waals surface area contributed by atoms with E-state index in [2.05, 4.69) is 15.5 Å². The molecule has 0 amide bonds. The van der Waals surface area contributed by atoms with Gasteiger partial charge in [-0.05, 0) is 24.3 Å². The number of rotatable bonds is 3. The summed E-state index contributed by atoms with van der Waals surface area (Å²) in [4.78, 5) is 4.35. The normalized spacial score (nSPS) is 10.7. The second-order valence-corrected chi connectivity index (χ2v) is 3.93. The van der Waals surface area contributed by atoms with Crippen molar-refractivity contribution in [1.29, 1.82) is 0 Å². The Hall–Kier alpha value is -2.56. The molecular formula is C13H12N4O. The van der Waals surface area contributed by atoms with Crippen molar-refractivity contribution in [2.75, 3.05) is 11.1 Å². The average Bonchev–Trinajstić information content (AvgIpc) is 2.92. The average molecular weight is 240 g/mol. The Morgan fingerprint density at radius 1 is 1.17 bits per heavy atom. The summed E-state index contributed by atoms with van der Waals surface area (Å²) in [6, 6.07) is 9.43. The molecule has 0 saturated heterocycles. The maximum Gasteiger partial charge on any atom is 0.155 e. The number of hydrogen-bond acceptors (Lipinski definition) is 5. The molecule has 0 aliphatic rings. The summed E-state index contributed by atoms with van der Waals surface area (Å²) in [6.45, 7) is 0.565. The van der Waals surface area contributed by atoms with Gasteiger partial charge in [0, 0.05) is 23.3 Å². The van der Waals surface area contributed by atoms with Crippen molar-refractivity contribution in [1.82, 2.24) is 10.1 Å². The molecule has 0 saturated carbocycles. The van der Waals surface area contributed by atoms with E-state index in [9.17, 15) is 0 Å². The fourth-order valence-corrected chi connectivity index (χ4v) is 1.85. The Kier molecular flexibility index (Phi) is 2.57. The SMILES string of the molecule is Nc1ccc(NCc2ccno2)c2ncccc12. The van der Waals surface area contributed by atoms with Crippen LogP contribution in [0.2, 0.25) is 0 Å². The molecule has 0 spiro atoms. The lowest BCUT2D eigenvalue weighted by Crippen LogP contribution is -2.00. The molecule has 18 heavy (non-hydrogen) atoms. The highest BCUT2D eigenvalue weighted by Gasteiger charge is 2.05. The molecule has 2 aromatic heterocycles. The van der Waals surface area contributed by atoms with Crippen molar-refractivity contribution in [2.24, 2.45) is 0 Å². The largest absolute Gasteiger partial charge is 0.398 e. The minimum atomic E-state index is 0.565. The lowest BCUT2D eigenvalue weighted by molar-refractivity contribution is 0.388. The molecule has 5 heteroatoms. The first-order chi connectivity index (χ1) is 8.84. The summed E-state index contributed by atoms with van der Waals surface area (Å²) < 4.78 is 5.03. The zero-order chi connectivity index (χ0) is 12.4. The van der Waals surface area contributed by atoms with E-state index in [4.69, 9.17) is 10.3 Å². The number of pyridine rings is 1. The maximum atomic E-state index is 5.92. The van der Waals surface area contributed by atoms with Crippen LogP contribution in [0.3, 0.4) is 0 Å². The molecule has 1 aromatic carbocycles. The van der Waals surface area contributed by atoms with Gasteiger partial charge in [0.2, 0.25) is 0 Å². The summed E-state index contributed by atoms with van der Waals surface area (Å²) >= 11 is 0. The lowest BCUT2D eigenvalue weighted by Gasteiger charge is -2.09. The van der Waals surface area contributed by atoms with E-state index in [1.54, 1.807) is 12.4 Å². The van der Waals surface area contributed by atoms with E-state index in [-0.39, 0.29) is 0 Å². The first kappa shape index (κ1) is 10.6. The van der Waals surface area contributed by atoms with Crippen molar-refractivity contribution < 1.29 is 4.52 Å². The van der Waals surface area contributed by atoms with E-state index in [0.29, 0.717) is 6.54 Å². The van der Waals surface area contributed by atoms with Crippen LogP contribution in [-0.2, 0) is 6.54 Å². The van der Waals surface area contributed by atoms with Crippen molar-refractivity contribution in [3.05, 3.63) is 48.5 Å². The van der Waals surface area contributed by atoms with Gasteiger partial charge in [-0.1, -0.05) is 5.16 Å². The molecule has 90 valence electrons. The predicted molar refractivity (Wildman–Crippen MR) is 70.0 cm³/mol. The second kappa shape index (κ2) is 4.37. The van der Waals surface area contributed by atoms with Gasteiger partial charge in [-0.25, -0.2) is 0 Å². The topological polar surface area (TPSA) is 77.0 Å². The molecule has 0 radical (unpaired) electrons. The second-order valence-electron chi connectivity index (χ2n) is 3.93. The highest BCUT2D eigenvalue weighted by Crippen LogP contribution is 2.26. The van der Waals surface area contributed by atoms with Crippen LogP contribution in [0.25, 0.3) is 10.9 Å². The minimum Gasteiger partial charge on any atom is -0.398 e. The number of fused-ring (bicyclic) bond motifs is 1. The Labute approximate surface area is 104 Å². The number of hydrogen-bond donors (Lipinski definition) is 2. The third-order valence-corrected chi connectivity index (χ3v) is 2.75. The molecular weight excluding hydrogens is 228 g/mol.